The van der Waals surface area contributed by atoms with Crippen molar-refractivity contribution >= 4 is 35.0 Å². The third kappa shape index (κ3) is 3.23. The second kappa shape index (κ2) is 6.47. The summed E-state index contributed by atoms with van der Waals surface area (Å²) in [6, 6.07) is 9.22. The van der Waals surface area contributed by atoms with E-state index in [0.29, 0.717) is 10.2 Å². The molecule has 3 rings (SSSR count). The molecule has 24 heavy (non-hydrogen) atoms. The number of nitro groups is 1. The van der Waals surface area contributed by atoms with E-state index in [1.54, 1.807) is 24.3 Å². The Morgan fingerprint density at radius 2 is 2.04 bits per heavy atom. The summed E-state index contributed by atoms with van der Waals surface area (Å²) < 4.78 is 5.60. The average Bonchev–Trinajstić information content (AvgIpc) is 3.18. The van der Waals surface area contributed by atoms with E-state index in [1.807, 2.05) is 0 Å². The van der Waals surface area contributed by atoms with E-state index in [1.165, 1.54) is 30.5 Å². The molecule has 0 aliphatic carbocycles. The van der Waals surface area contributed by atoms with Gasteiger partial charge in [-0.3, -0.25) is 19.7 Å². The van der Waals surface area contributed by atoms with Gasteiger partial charge in [0.2, 0.25) is 5.78 Å². The Morgan fingerprint density at radius 3 is 2.75 bits per heavy atom. The van der Waals surface area contributed by atoms with Crippen molar-refractivity contribution < 1.29 is 14.1 Å². The van der Waals surface area contributed by atoms with Crippen molar-refractivity contribution in [3.8, 4) is 0 Å². The van der Waals surface area contributed by atoms with Crippen LogP contribution >= 0.6 is 11.3 Å². The first-order valence-electron chi connectivity index (χ1n) is 6.78. The van der Waals surface area contributed by atoms with Gasteiger partial charge in [0.15, 0.2) is 5.76 Å². The van der Waals surface area contributed by atoms with Gasteiger partial charge < -0.3 is 9.40 Å². The largest absolute Gasteiger partial charge is 0.461 e. The molecule has 0 atom stereocenters. The summed E-state index contributed by atoms with van der Waals surface area (Å²) >= 11 is 1.04. The highest BCUT2D eigenvalue weighted by atomic mass is 32.1. The highest BCUT2D eigenvalue weighted by Gasteiger charge is 2.10. The highest BCUT2D eigenvalue weighted by Crippen LogP contribution is 2.17. The molecule has 0 radical (unpaired) electrons. The number of aromatic amines is 1. The monoisotopic (exact) mass is 342 g/mol. The molecule has 120 valence electrons. The quantitative estimate of drug-likeness (QED) is 0.438. The van der Waals surface area contributed by atoms with Gasteiger partial charge in [-0.25, -0.2) is 0 Å². The van der Waals surface area contributed by atoms with Crippen molar-refractivity contribution in [2.24, 2.45) is 0 Å². The van der Waals surface area contributed by atoms with Crippen molar-refractivity contribution in [3.63, 3.8) is 0 Å². The van der Waals surface area contributed by atoms with Gasteiger partial charge in [0.05, 0.1) is 25.9 Å². The summed E-state index contributed by atoms with van der Waals surface area (Å²) in [6.45, 7) is 0. The lowest BCUT2D eigenvalue weighted by Crippen LogP contribution is -2.20. The van der Waals surface area contributed by atoms with Gasteiger partial charge in [-0.2, -0.15) is 0 Å². The Balaban J connectivity index is 2.06. The highest BCUT2D eigenvalue weighted by molar-refractivity contribution is 7.07. The maximum Gasteiger partial charge on any atom is 0.276 e. The molecule has 2 heterocycles. The Morgan fingerprint density at radius 1 is 1.25 bits per heavy atom. The molecule has 0 saturated heterocycles. The van der Waals surface area contributed by atoms with Gasteiger partial charge in [0.25, 0.3) is 11.2 Å². The molecule has 2 aromatic heterocycles. The topological polar surface area (TPSA) is 106 Å². The molecule has 0 saturated carbocycles. The minimum atomic E-state index is -0.513. The van der Waals surface area contributed by atoms with Gasteiger partial charge in [-0.05, 0) is 24.3 Å². The molecular formula is C16H10N2O5S. The van der Waals surface area contributed by atoms with Gasteiger partial charge in [0, 0.05) is 12.1 Å². The smallest absolute Gasteiger partial charge is 0.276 e. The molecule has 8 heteroatoms. The third-order valence-corrected chi connectivity index (χ3v) is 4.09. The number of benzene rings is 1. The fourth-order valence-corrected chi connectivity index (χ4v) is 2.93. The van der Waals surface area contributed by atoms with E-state index >= 15 is 0 Å². The zero-order chi connectivity index (χ0) is 17.1. The van der Waals surface area contributed by atoms with Crippen LogP contribution in [0.5, 0.6) is 0 Å². The second-order valence-corrected chi connectivity index (χ2v) is 5.81. The van der Waals surface area contributed by atoms with E-state index in [2.05, 4.69) is 4.98 Å². The van der Waals surface area contributed by atoms with Gasteiger partial charge in [-0.1, -0.05) is 12.1 Å². The normalized spacial score (nSPS) is 12.5. The SMILES string of the molecule is O=C(/C=c1/[nH]c(=O)/c(=C/c2ccccc2[N+](=O)[O-])s1)c1ccco1. The zero-order valence-corrected chi connectivity index (χ0v) is 12.9. The lowest BCUT2D eigenvalue weighted by Gasteiger charge is -1.94. The molecule has 3 aromatic rings. The van der Waals surface area contributed by atoms with Gasteiger partial charge in [0.1, 0.15) is 0 Å². The Labute approximate surface area is 138 Å². The molecule has 0 amide bonds. The number of carbonyl (C=O) groups is 1. The molecule has 1 N–H and O–H groups in total. The summed E-state index contributed by atoms with van der Waals surface area (Å²) in [7, 11) is 0. The number of Topliss-reactive ketones (excluding diaryl/α,β-unsaturated/α-hetero) is 1. The van der Waals surface area contributed by atoms with Crippen molar-refractivity contribution in [1.29, 1.82) is 0 Å². The summed E-state index contributed by atoms with van der Waals surface area (Å²) in [5.41, 5.74) is -0.196. The molecule has 0 unspecified atom stereocenters. The minimum absolute atomic E-state index is 0.0949. The van der Waals surface area contributed by atoms with E-state index in [4.69, 9.17) is 4.42 Å². The predicted molar refractivity (Wildman–Crippen MR) is 88.4 cm³/mol. The molecule has 1 aromatic carbocycles. The predicted octanol–water partition coefficient (Wildman–Crippen LogP) is 1.43. The van der Waals surface area contributed by atoms with E-state index in [-0.39, 0.29) is 21.8 Å². The van der Waals surface area contributed by atoms with Crippen LogP contribution in [0.3, 0.4) is 0 Å². The van der Waals surface area contributed by atoms with Crippen LogP contribution in [0.1, 0.15) is 16.1 Å². The summed E-state index contributed by atoms with van der Waals surface area (Å²) in [5, 5.41) is 11.0. The number of aromatic nitrogens is 1. The van der Waals surface area contributed by atoms with Crippen molar-refractivity contribution in [2.75, 3.05) is 0 Å². The minimum Gasteiger partial charge on any atom is -0.461 e. The first kappa shape index (κ1) is 15.6. The van der Waals surface area contributed by atoms with E-state index < -0.39 is 10.5 Å². The summed E-state index contributed by atoms with van der Waals surface area (Å²) in [6.07, 6.45) is 4.06. The third-order valence-electron chi connectivity index (χ3n) is 3.13. The van der Waals surface area contributed by atoms with Crippen molar-refractivity contribution in [3.05, 3.63) is 83.6 Å². The number of ketones is 1. The standard InChI is InChI=1S/C16H10N2O5S/c19-12(13-6-3-7-23-13)9-15-17-16(20)14(24-15)8-10-4-1-2-5-11(10)18(21)22/h1-9H,(H,17,20)/b14-8-,15-9-. The number of H-pyrrole nitrogens is 1. The molecule has 0 bridgehead atoms. The van der Waals surface area contributed by atoms with Crippen LogP contribution in [0.2, 0.25) is 0 Å². The zero-order valence-electron chi connectivity index (χ0n) is 12.1. The first-order chi connectivity index (χ1) is 11.5. The number of nitrogens with one attached hydrogen (secondary N) is 1. The molecule has 0 fully saturated rings. The molecule has 0 spiro atoms. The van der Waals surface area contributed by atoms with Crippen LogP contribution in [0, 0.1) is 10.1 Å². The Kier molecular flexibility index (Phi) is 4.21. The number of nitrogens with zero attached hydrogens (tertiary/aromatic N) is 1. The number of furan rings is 1. The maximum absolute atomic E-state index is 12.0. The molecule has 0 aliphatic rings. The molecule has 7 nitrogen and oxygen atoms in total. The lowest BCUT2D eigenvalue weighted by atomic mass is 10.2. The number of hydrogen-bond acceptors (Lipinski definition) is 6. The number of hydrogen-bond donors (Lipinski definition) is 1. The molecular weight excluding hydrogens is 332 g/mol. The van der Waals surface area contributed by atoms with Crippen LogP contribution in [-0.2, 0) is 0 Å². The first-order valence-corrected chi connectivity index (χ1v) is 7.60. The van der Waals surface area contributed by atoms with Crippen molar-refractivity contribution in [2.45, 2.75) is 0 Å². The van der Waals surface area contributed by atoms with E-state index in [9.17, 15) is 19.7 Å². The van der Waals surface area contributed by atoms with Crippen molar-refractivity contribution in [1.82, 2.24) is 4.98 Å². The Hall–Kier alpha value is -3.26. The average molecular weight is 342 g/mol. The number of carbonyl (C=O) groups excluding carboxylic acids is 1. The summed E-state index contributed by atoms with van der Waals surface area (Å²) in [5.74, 6) is -0.219. The summed E-state index contributed by atoms with van der Waals surface area (Å²) in [4.78, 5) is 37.0. The molecule has 0 aliphatic heterocycles. The van der Waals surface area contributed by atoms with Crippen LogP contribution in [0.15, 0.2) is 51.9 Å². The number of nitro benzene ring substituents is 1. The maximum atomic E-state index is 12.0. The lowest BCUT2D eigenvalue weighted by molar-refractivity contribution is -0.385. The van der Waals surface area contributed by atoms with Crippen LogP contribution in [0.4, 0.5) is 5.69 Å². The van der Waals surface area contributed by atoms with Gasteiger partial charge >= 0.3 is 0 Å². The van der Waals surface area contributed by atoms with Crippen LogP contribution in [-0.4, -0.2) is 15.7 Å². The van der Waals surface area contributed by atoms with Crippen LogP contribution in [0.25, 0.3) is 12.2 Å². The fraction of sp³-hybridized carbons (Fsp3) is 0. The van der Waals surface area contributed by atoms with E-state index in [0.717, 1.165) is 11.3 Å². The number of thiazole rings is 1. The Bertz CT molecular complexity index is 1080. The number of rotatable bonds is 4. The fourth-order valence-electron chi connectivity index (χ4n) is 2.05. The number of para-hydroxylation sites is 1. The van der Waals surface area contributed by atoms with Gasteiger partial charge in [-0.15, -0.1) is 11.3 Å². The second-order valence-electron chi connectivity index (χ2n) is 4.73. The van der Waals surface area contributed by atoms with Crippen LogP contribution < -0.4 is 14.8 Å².